The maximum Gasteiger partial charge on any atom is 0.417 e. The molecule has 1 aliphatic rings. The fourth-order valence-corrected chi connectivity index (χ4v) is 6.29. The van der Waals surface area contributed by atoms with Crippen molar-refractivity contribution < 1.29 is 13.2 Å². The van der Waals surface area contributed by atoms with Crippen LogP contribution in [0.15, 0.2) is 72.8 Å². The van der Waals surface area contributed by atoms with Crippen LogP contribution in [0.4, 0.5) is 13.2 Å². The highest BCUT2D eigenvalue weighted by molar-refractivity contribution is 5.74. The van der Waals surface area contributed by atoms with Crippen LogP contribution in [0.5, 0.6) is 0 Å². The van der Waals surface area contributed by atoms with Crippen molar-refractivity contribution in [3.05, 3.63) is 101 Å². The molecule has 0 amide bonds. The van der Waals surface area contributed by atoms with E-state index in [9.17, 15) is 13.2 Å². The number of piperidine rings is 1. The lowest BCUT2D eigenvalue weighted by atomic mass is 9.94. The number of hydrogen-bond donors (Lipinski definition) is 0. The smallest absolute Gasteiger partial charge is 0.327 e. The monoisotopic (exact) mass is 545 g/mol. The number of alkyl halides is 3. The second-order valence-corrected chi connectivity index (χ2v) is 10.6. The number of nitrogens with zero attached hydrogens (tertiary/aromatic N) is 3. The number of likely N-dealkylation sites (tertiary alicyclic amines) is 1. The standard InChI is InChI=1S/C34H38F3N3/c1-4-24-17-14-18-25(5-2)31(24)33-38-32(27-19-10-11-20-28(27)34(35,36)37)30(40(33)6-3)23-39-22-13-12-21-29(39)26-15-8-7-9-16-26/h7-11,14-20,29H,4-6,12-13,21-23H2,1-3H3. The summed E-state index contributed by atoms with van der Waals surface area (Å²) in [6.45, 7) is 8.37. The van der Waals surface area contributed by atoms with E-state index < -0.39 is 11.7 Å². The number of benzene rings is 3. The van der Waals surface area contributed by atoms with Gasteiger partial charge in [-0.2, -0.15) is 13.2 Å². The van der Waals surface area contributed by atoms with Crippen molar-refractivity contribution in [2.75, 3.05) is 6.54 Å². The number of hydrogen-bond acceptors (Lipinski definition) is 2. The molecule has 1 aromatic heterocycles. The Balaban J connectivity index is 1.74. The molecule has 40 heavy (non-hydrogen) atoms. The van der Waals surface area contributed by atoms with E-state index in [1.54, 1.807) is 12.1 Å². The number of aryl methyl sites for hydroxylation is 2. The van der Waals surface area contributed by atoms with E-state index in [0.29, 0.717) is 18.8 Å². The molecule has 5 rings (SSSR count). The second kappa shape index (κ2) is 12.0. The first-order valence-electron chi connectivity index (χ1n) is 14.5. The summed E-state index contributed by atoms with van der Waals surface area (Å²) in [6.07, 6.45) is 0.421. The zero-order valence-electron chi connectivity index (χ0n) is 23.6. The Morgan fingerprint density at radius 1 is 0.825 bits per heavy atom. The number of aromatic nitrogens is 2. The first-order chi connectivity index (χ1) is 19.4. The normalized spacial score (nSPS) is 16.4. The van der Waals surface area contributed by atoms with Crippen LogP contribution < -0.4 is 0 Å². The highest BCUT2D eigenvalue weighted by Crippen LogP contribution is 2.42. The lowest BCUT2D eigenvalue weighted by molar-refractivity contribution is -0.137. The summed E-state index contributed by atoms with van der Waals surface area (Å²) in [5, 5.41) is 0. The highest BCUT2D eigenvalue weighted by atomic mass is 19.4. The molecule has 1 aliphatic heterocycles. The van der Waals surface area contributed by atoms with Crippen LogP contribution >= 0.6 is 0 Å². The Labute approximate surface area is 235 Å². The Morgan fingerprint density at radius 2 is 1.50 bits per heavy atom. The van der Waals surface area contributed by atoms with Crippen LogP contribution in [0.3, 0.4) is 0 Å². The molecule has 2 heterocycles. The molecule has 0 radical (unpaired) electrons. The van der Waals surface area contributed by atoms with E-state index in [1.165, 1.54) is 28.8 Å². The summed E-state index contributed by atoms with van der Waals surface area (Å²) in [5.41, 5.74) is 5.46. The summed E-state index contributed by atoms with van der Waals surface area (Å²) < 4.78 is 45.1. The van der Waals surface area contributed by atoms with Crippen molar-refractivity contribution in [1.82, 2.24) is 14.5 Å². The zero-order chi connectivity index (χ0) is 28.3. The molecule has 3 aromatic carbocycles. The van der Waals surface area contributed by atoms with Gasteiger partial charge in [0.05, 0.1) is 17.0 Å². The Hall–Kier alpha value is -3.38. The van der Waals surface area contributed by atoms with Crippen LogP contribution in [0.1, 0.15) is 74.0 Å². The molecule has 0 saturated carbocycles. The first kappa shape index (κ1) is 28.2. The molecule has 1 unspecified atom stereocenters. The van der Waals surface area contributed by atoms with Gasteiger partial charge in [0.1, 0.15) is 5.82 Å². The predicted molar refractivity (Wildman–Crippen MR) is 156 cm³/mol. The summed E-state index contributed by atoms with van der Waals surface area (Å²) in [7, 11) is 0. The van der Waals surface area contributed by atoms with Gasteiger partial charge in [-0.15, -0.1) is 0 Å². The Kier molecular flexibility index (Phi) is 8.46. The van der Waals surface area contributed by atoms with E-state index >= 15 is 0 Å². The van der Waals surface area contributed by atoms with Crippen LogP contribution in [0.2, 0.25) is 0 Å². The van der Waals surface area contributed by atoms with Crippen molar-refractivity contribution in [3.63, 3.8) is 0 Å². The maximum atomic E-state index is 14.3. The molecular weight excluding hydrogens is 507 g/mol. The second-order valence-electron chi connectivity index (χ2n) is 10.6. The molecule has 0 spiro atoms. The first-order valence-corrected chi connectivity index (χ1v) is 14.5. The fraction of sp³-hybridized carbons (Fsp3) is 0.382. The molecule has 4 aromatic rings. The maximum absolute atomic E-state index is 14.3. The highest BCUT2D eigenvalue weighted by Gasteiger charge is 2.36. The molecule has 210 valence electrons. The van der Waals surface area contributed by atoms with E-state index in [0.717, 1.165) is 55.7 Å². The van der Waals surface area contributed by atoms with E-state index in [2.05, 4.69) is 72.7 Å². The lowest BCUT2D eigenvalue weighted by Crippen LogP contribution is -2.33. The molecule has 0 aliphatic carbocycles. The van der Waals surface area contributed by atoms with Gasteiger partial charge >= 0.3 is 6.18 Å². The van der Waals surface area contributed by atoms with Gasteiger partial charge in [0.15, 0.2) is 0 Å². The minimum absolute atomic E-state index is 0.152. The summed E-state index contributed by atoms with van der Waals surface area (Å²) in [5.74, 6) is 0.770. The van der Waals surface area contributed by atoms with Gasteiger partial charge in [0.25, 0.3) is 0 Å². The summed E-state index contributed by atoms with van der Waals surface area (Å²) in [4.78, 5) is 7.55. The number of imidazole rings is 1. The average molecular weight is 546 g/mol. The SMILES string of the molecule is CCc1cccc(CC)c1-c1nc(-c2ccccc2C(F)(F)F)c(CN2CCCCC2c2ccccc2)n1CC. The van der Waals surface area contributed by atoms with Crippen molar-refractivity contribution >= 4 is 0 Å². The van der Waals surface area contributed by atoms with Crippen molar-refractivity contribution in [3.8, 4) is 22.6 Å². The quantitative estimate of drug-likeness (QED) is 0.220. The van der Waals surface area contributed by atoms with Crippen LogP contribution in [0.25, 0.3) is 22.6 Å². The van der Waals surface area contributed by atoms with E-state index in [4.69, 9.17) is 4.98 Å². The molecular formula is C34H38F3N3. The van der Waals surface area contributed by atoms with Gasteiger partial charge in [-0.3, -0.25) is 4.90 Å². The fourth-order valence-electron chi connectivity index (χ4n) is 6.29. The van der Waals surface area contributed by atoms with Gasteiger partial charge in [0, 0.05) is 30.3 Å². The molecule has 1 atom stereocenters. The Morgan fingerprint density at radius 3 is 2.15 bits per heavy atom. The predicted octanol–water partition coefficient (Wildman–Crippen LogP) is 9.11. The van der Waals surface area contributed by atoms with Gasteiger partial charge in [-0.1, -0.05) is 87.0 Å². The van der Waals surface area contributed by atoms with Crippen molar-refractivity contribution in [2.24, 2.45) is 0 Å². The van der Waals surface area contributed by atoms with Gasteiger partial charge in [0.2, 0.25) is 0 Å². The largest absolute Gasteiger partial charge is 0.417 e. The van der Waals surface area contributed by atoms with Gasteiger partial charge in [-0.05, 0) is 61.9 Å². The summed E-state index contributed by atoms with van der Waals surface area (Å²) >= 11 is 0. The minimum Gasteiger partial charge on any atom is -0.327 e. The third kappa shape index (κ3) is 5.46. The molecule has 1 saturated heterocycles. The number of halogens is 3. The molecule has 1 fully saturated rings. The van der Waals surface area contributed by atoms with Gasteiger partial charge in [-0.25, -0.2) is 4.98 Å². The Bertz CT molecular complexity index is 1420. The zero-order valence-corrected chi connectivity index (χ0v) is 23.6. The van der Waals surface area contributed by atoms with Crippen molar-refractivity contribution in [2.45, 2.75) is 78.2 Å². The molecule has 6 heteroatoms. The van der Waals surface area contributed by atoms with Gasteiger partial charge < -0.3 is 4.57 Å². The van der Waals surface area contributed by atoms with Crippen LogP contribution in [-0.4, -0.2) is 21.0 Å². The minimum atomic E-state index is -4.47. The van der Waals surface area contributed by atoms with Crippen LogP contribution in [-0.2, 0) is 32.1 Å². The topological polar surface area (TPSA) is 21.1 Å². The third-order valence-corrected chi connectivity index (χ3v) is 8.25. The van der Waals surface area contributed by atoms with E-state index in [1.807, 2.05) is 6.07 Å². The summed E-state index contributed by atoms with van der Waals surface area (Å²) in [6, 6.07) is 22.9. The third-order valence-electron chi connectivity index (χ3n) is 8.25. The molecule has 0 bridgehead atoms. The molecule has 3 nitrogen and oxygen atoms in total. The van der Waals surface area contributed by atoms with E-state index in [-0.39, 0.29) is 11.6 Å². The van der Waals surface area contributed by atoms with Crippen LogP contribution in [0, 0.1) is 0 Å². The lowest BCUT2D eigenvalue weighted by Gasteiger charge is -2.36. The molecule has 0 N–H and O–H groups in total. The average Bonchev–Trinajstić information content (AvgIpc) is 3.34. The van der Waals surface area contributed by atoms with Crippen molar-refractivity contribution in [1.29, 1.82) is 0 Å². The number of rotatable bonds is 8.